The summed E-state index contributed by atoms with van der Waals surface area (Å²) in [5.41, 5.74) is 0.620. The molecule has 2 rings (SSSR count). The molecule has 0 radical (unpaired) electrons. The average Bonchev–Trinajstić information content (AvgIpc) is 2.81. The minimum Gasteiger partial charge on any atom is -0.336 e. The zero-order valence-electron chi connectivity index (χ0n) is 11.9. The second-order valence-electron chi connectivity index (χ2n) is 4.63. The molecule has 0 amide bonds. The summed E-state index contributed by atoms with van der Waals surface area (Å²) in [7, 11) is -3.67. The van der Waals surface area contributed by atoms with Crippen molar-refractivity contribution in [3.63, 3.8) is 0 Å². The number of rotatable bonds is 6. The van der Waals surface area contributed by atoms with Crippen molar-refractivity contribution in [2.75, 3.05) is 10.8 Å². The number of halogens is 1. The number of hydrogen-bond donors (Lipinski definition) is 0. The Morgan fingerprint density at radius 3 is 2.48 bits per heavy atom. The summed E-state index contributed by atoms with van der Waals surface area (Å²) in [4.78, 5) is 0.238. The van der Waals surface area contributed by atoms with Gasteiger partial charge in [-0.3, -0.25) is 0 Å². The zero-order valence-corrected chi connectivity index (χ0v) is 14.3. The smallest absolute Gasteiger partial charge is 0.266 e. The van der Waals surface area contributed by atoms with E-state index >= 15 is 0 Å². The molecule has 0 saturated carbocycles. The molecule has 0 spiro atoms. The van der Waals surface area contributed by atoms with Gasteiger partial charge < -0.3 is 4.52 Å². The molecule has 5 nitrogen and oxygen atoms in total. The Morgan fingerprint density at radius 2 is 1.95 bits per heavy atom. The normalized spacial score (nSPS) is 11.6. The summed E-state index contributed by atoms with van der Waals surface area (Å²) in [6, 6.07) is 8.33. The van der Waals surface area contributed by atoms with Crippen molar-refractivity contribution in [1.82, 2.24) is 5.16 Å². The lowest BCUT2D eigenvalue weighted by molar-refractivity contribution is 0.418. The average molecular weight is 373 g/mol. The molecular formula is C14H17BrN2O3S. The molecule has 7 heteroatoms. The van der Waals surface area contributed by atoms with Gasteiger partial charge in [0.25, 0.3) is 15.9 Å². The van der Waals surface area contributed by atoms with Gasteiger partial charge in [0.1, 0.15) is 4.47 Å². The Balaban J connectivity index is 2.48. The SMILES string of the molecule is CCCCN(c1onc(C)c1Br)S(=O)(=O)c1ccccc1. The Kier molecular flexibility index (Phi) is 5.05. The van der Waals surface area contributed by atoms with E-state index in [4.69, 9.17) is 4.52 Å². The van der Waals surface area contributed by atoms with E-state index in [9.17, 15) is 8.42 Å². The van der Waals surface area contributed by atoms with Crippen LogP contribution >= 0.6 is 15.9 Å². The molecule has 0 saturated heterocycles. The summed E-state index contributed by atoms with van der Waals surface area (Å²) in [6.07, 6.45) is 1.61. The number of aromatic nitrogens is 1. The van der Waals surface area contributed by atoms with Crippen molar-refractivity contribution in [2.24, 2.45) is 0 Å². The van der Waals surface area contributed by atoms with Gasteiger partial charge in [0.15, 0.2) is 0 Å². The van der Waals surface area contributed by atoms with Crippen LogP contribution in [0.2, 0.25) is 0 Å². The van der Waals surface area contributed by atoms with E-state index in [0.717, 1.165) is 12.8 Å². The molecule has 114 valence electrons. The molecule has 0 N–H and O–H groups in total. The molecular weight excluding hydrogens is 356 g/mol. The number of benzene rings is 1. The molecule has 0 atom stereocenters. The summed E-state index contributed by atoms with van der Waals surface area (Å²) < 4.78 is 32.7. The van der Waals surface area contributed by atoms with Crippen LogP contribution in [0.5, 0.6) is 0 Å². The summed E-state index contributed by atoms with van der Waals surface area (Å²) >= 11 is 3.35. The highest BCUT2D eigenvalue weighted by atomic mass is 79.9. The van der Waals surface area contributed by atoms with Crippen molar-refractivity contribution in [3.8, 4) is 0 Å². The van der Waals surface area contributed by atoms with Gasteiger partial charge in [0, 0.05) is 6.54 Å². The molecule has 0 aliphatic rings. The van der Waals surface area contributed by atoms with Crippen LogP contribution in [-0.4, -0.2) is 20.1 Å². The van der Waals surface area contributed by atoms with Gasteiger partial charge in [-0.2, -0.15) is 0 Å². The first-order valence-electron chi connectivity index (χ1n) is 6.68. The van der Waals surface area contributed by atoms with E-state index < -0.39 is 10.0 Å². The predicted octanol–water partition coefficient (Wildman–Crippen LogP) is 3.74. The molecule has 0 aliphatic carbocycles. The molecule has 0 unspecified atom stereocenters. The first-order chi connectivity index (χ1) is 9.98. The van der Waals surface area contributed by atoms with Crippen LogP contribution in [-0.2, 0) is 10.0 Å². The minimum absolute atomic E-state index is 0.227. The topological polar surface area (TPSA) is 63.4 Å². The van der Waals surface area contributed by atoms with Gasteiger partial charge in [-0.25, -0.2) is 12.7 Å². The lowest BCUT2D eigenvalue weighted by atomic mass is 10.3. The molecule has 1 aromatic carbocycles. The molecule has 0 fully saturated rings. The quantitative estimate of drug-likeness (QED) is 0.774. The molecule has 0 aliphatic heterocycles. The van der Waals surface area contributed by atoms with Crippen molar-refractivity contribution >= 4 is 31.8 Å². The van der Waals surface area contributed by atoms with Crippen molar-refractivity contribution < 1.29 is 12.9 Å². The lowest BCUT2D eigenvalue weighted by Gasteiger charge is -2.21. The number of hydrogen-bond acceptors (Lipinski definition) is 4. The lowest BCUT2D eigenvalue weighted by Crippen LogP contribution is -2.32. The fourth-order valence-corrected chi connectivity index (χ4v) is 3.80. The monoisotopic (exact) mass is 372 g/mol. The fraction of sp³-hybridized carbons (Fsp3) is 0.357. The molecule has 0 bridgehead atoms. The van der Waals surface area contributed by atoms with Gasteiger partial charge in [0.05, 0.1) is 10.6 Å². The van der Waals surface area contributed by atoms with Gasteiger partial charge >= 0.3 is 0 Å². The number of aryl methyl sites for hydroxylation is 1. The van der Waals surface area contributed by atoms with Crippen molar-refractivity contribution in [1.29, 1.82) is 0 Å². The highest BCUT2D eigenvalue weighted by Gasteiger charge is 2.29. The largest absolute Gasteiger partial charge is 0.336 e. The maximum absolute atomic E-state index is 12.8. The number of sulfonamides is 1. The summed E-state index contributed by atoms with van der Waals surface area (Å²) in [5.74, 6) is 0.227. The van der Waals surface area contributed by atoms with Crippen LogP contribution in [0.1, 0.15) is 25.5 Å². The van der Waals surface area contributed by atoms with Crippen LogP contribution in [0.25, 0.3) is 0 Å². The minimum atomic E-state index is -3.67. The Labute approximate surface area is 133 Å². The van der Waals surface area contributed by atoms with E-state index in [1.165, 1.54) is 4.31 Å². The predicted molar refractivity (Wildman–Crippen MR) is 84.8 cm³/mol. The fourth-order valence-electron chi connectivity index (χ4n) is 1.85. The number of nitrogens with zero attached hydrogens (tertiary/aromatic N) is 2. The maximum Gasteiger partial charge on any atom is 0.266 e. The molecule has 1 aromatic heterocycles. The van der Waals surface area contributed by atoms with Crippen molar-refractivity contribution in [3.05, 3.63) is 40.5 Å². The third-order valence-corrected chi connectivity index (χ3v) is 5.76. The second-order valence-corrected chi connectivity index (χ2v) is 7.29. The van der Waals surface area contributed by atoms with E-state index in [-0.39, 0.29) is 10.8 Å². The Morgan fingerprint density at radius 1 is 1.29 bits per heavy atom. The molecule has 21 heavy (non-hydrogen) atoms. The maximum atomic E-state index is 12.8. The zero-order chi connectivity index (χ0) is 15.5. The third-order valence-electron chi connectivity index (χ3n) is 3.05. The highest BCUT2D eigenvalue weighted by molar-refractivity contribution is 9.10. The summed E-state index contributed by atoms with van der Waals surface area (Å²) in [6.45, 7) is 4.11. The first kappa shape index (κ1) is 16.0. The van der Waals surface area contributed by atoms with E-state index in [0.29, 0.717) is 16.7 Å². The van der Waals surface area contributed by atoms with Gasteiger partial charge in [-0.1, -0.05) is 36.7 Å². The number of unbranched alkanes of at least 4 members (excludes halogenated alkanes) is 1. The van der Waals surface area contributed by atoms with Crippen LogP contribution in [0.3, 0.4) is 0 Å². The number of anilines is 1. The van der Waals surface area contributed by atoms with Crippen LogP contribution in [0, 0.1) is 6.92 Å². The third kappa shape index (κ3) is 3.29. The van der Waals surface area contributed by atoms with Crippen LogP contribution in [0.4, 0.5) is 5.88 Å². The van der Waals surface area contributed by atoms with E-state index in [2.05, 4.69) is 21.1 Å². The van der Waals surface area contributed by atoms with Crippen LogP contribution in [0.15, 0.2) is 44.2 Å². The second kappa shape index (κ2) is 6.62. The van der Waals surface area contributed by atoms with E-state index in [1.807, 2.05) is 6.92 Å². The summed E-state index contributed by atoms with van der Waals surface area (Å²) in [5, 5.41) is 3.82. The molecule has 2 aromatic rings. The Bertz CT molecular complexity index is 698. The van der Waals surface area contributed by atoms with E-state index in [1.54, 1.807) is 37.3 Å². The van der Waals surface area contributed by atoms with Crippen molar-refractivity contribution in [2.45, 2.75) is 31.6 Å². The van der Waals surface area contributed by atoms with Gasteiger partial charge in [0.2, 0.25) is 0 Å². The Hall–Kier alpha value is -1.34. The highest BCUT2D eigenvalue weighted by Crippen LogP contribution is 2.33. The molecule has 1 heterocycles. The standard InChI is InChI=1S/C14H17BrN2O3S/c1-3-4-10-17(14-13(15)11(2)16-20-14)21(18,19)12-8-6-5-7-9-12/h5-9H,3-4,10H2,1-2H3. The first-order valence-corrected chi connectivity index (χ1v) is 8.91. The van der Waals surface area contributed by atoms with Crippen LogP contribution < -0.4 is 4.31 Å². The van der Waals surface area contributed by atoms with Gasteiger partial charge in [-0.15, -0.1) is 0 Å². The van der Waals surface area contributed by atoms with Gasteiger partial charge in [-0.05, 0) is 41.4 Å².